The summed E-state index contributed by atoms with van der Waals surface area (Å²) in [7, 11) is 0. The predicted molar refractivity (Wildman–Crippen MR) is 76.6 cm³/mol. The number of benzene rings is 1. The van der Waals surface area contributed by atoms with Crippen molar-refractivity contribution in [2.75, 3.05) is 10.7 Å². The number of nitro benzene ring substituents is 1. The Morgan fingerprint density at radius 1 is 1.39 bits per heavy atom. The second-order valence-electron chi connectivity index (χ2n) is 4.06. The van der Waals surface area contributed by atoms with E-state index in [9.17, 15) is 14.9 Å². The summed E-state index contributed by atoms with van der Waals surface area (Å²) in [5.41, 5.74) is -0.627. The van der Waals surface area contributed by atoms with Gasteiger partial charge in [-0.25, -0.2) is 0 Å². The summed E-state index contributed by atoms with van der Waals surface area (Å²) in [5.74, 6) is -0.455. The van der Waals surface area contributed by atoms with E-state index in [1.54, 1.807) is 6.07 Å². The van der Waals surface area contributed by atoms with Crippen molar-refractivity contribution in [3.05, 3.63) is 39.9 Å². The van der Waals surface area contributed by atoms with Crippen LogP contribution in [0.2, 0.25) is 0 Å². The van der Waals surface area contributed by atoms with Crippen molar-refractivity contribution < 1.29 is 9.72 Å². The topological polar surface area (TPSA) is 72.2 Å². The van der Waals surface area contributed by atoms with E-state index >= 15 is 0 Å². The zero-order valence-electron chi connectivity index (χ0n) is 9.65. The summed E-state index contributed by atoms with van der Waals surface area (Å²) < 4.78 is 0. The fourth-order valence-electron chi connectivity index (χ4n) is 1.27. The van der Waals surface area contributed by atoms with E-state index in [0.29, 0.717) is 10.7 Å². The summed E-state index contributed by atoms with van der Waals surface area (Å²) in [6, 6.07) is 5.88. The van der Waals surface area contributed by atoms with E-state index in [1.807, 2.05) is 6.92 Å². The molecule has 0 atom stereocenters. The average Bonchev–Trinajstić information content (AvgIpc) is 2.38. The van der Waals surface area contributed by atoms with Gasteiger partial charge in [0.05, 0.1) is 10.5 Å². The van der Waals surface area contributed by atoms with Crippen molar-refractivity contribution in [3.63, 3.8) is 0 Å². The molecule has 1 amide bonds. The molecular weight excluding hydrogens is 368 g/mol. The SMILES string of the molecule is CC(CBr)(CBr)NC(=O)c1ccccc1[N+](=O)[O-]. The van der Waals surface area contributed by atoms with Crippen molar-refractivity contribution >= 4 is 43.5 Å². The molecule has 0 radical (unpaired) electrons. The van der Waals surface area contributed by atoms with Crippen LogP contribution in [0.1, 0.15) is 17.3 Å². The number of carbonyl (C=O) groups is 1. The Balaban J connectivity index is 3.01. The first-order valence-electron chi connectivity index (χ1n) is 5.11. The lowest BCUT2D eigenvalue weighted by molar-refractivity contribution is -0.385. The van der Waals surface area contributed by atoms with Gasteiger partial charge in [-0.2, -0.15) is 0 Å². The van der Waals surface area contributed by atoms with Gasteiger partial charge >= 0.3 is 0 Å². The van der Waals surface area contributed by atoms with Crippen LogP contribution in [-0.4, -0.2) is 27.0 Å². The molecule has 1 aromatic rings. The molecule has 1 N–H and O–H groups in total. The molecule has 0 aliphatic heterocycles. The van der Waals surface area contributed by atoms with Crippen LogP contribution in [0.25, 0.3) is 0 Å². The highest BCUT2D eigenvalue weighted by Gasteiger charge is 2.27. The van der Waals surface area contributed by atoms with E-state index < -0.39 is 16.4 Å². The van der Waals surface area contributed by atoms with Crippen LogP contribution in [0.15, 0.2) is 24.3 Å². The Labute approximate surface area is 121 Å². The number of nitro groups is 1. The van der Waals surface area contributed by atoms with Crippen LogP contribution in [0.3, 0.4) is 0 Å². The number of hydrogen-bond donors (Lipinski definition) is 1. The summed E-state index contributed by atoms with van der Waals surface area (Å²) >= 11 is 6.60. The zero-order valence-corrected chi connectivity index (χ0v) is 12.8. The van der Waals surface area contributed by atoms with Crippen LogP contribution in [0.4, 0.5) is 5.69 Å². The molecule has 98 valence electrons. The molecule has 1 rings (SSSR count). The predicted octanol–water partition coefficient (Wildman–Crippen LogP) is 2.87. The minimum atomic E-state index is -0.561. The third-order valence-corrected chi connectivity index (χ3v) is 4.83. The van der Waals surface area contributed by atoms with E-state index in [0.717, 1.165) is 0 Å². The number of halogens is 2. The molecule has 0 heterocycles. The summed E-state index contributed by atoms with van der Waals surface area (Å²) in [4.78, 5) is 22.3. The molecule has 0 saturated heterocycles. The van der Waals surface area contributed by atoms with Crippen molar-refractivity contribution in [3.8, 4) is 0 Å². The number of rotatable bonds is 5. The summed E-state index contributed by atoms with van der Waals surface area (Å²) in [6.45, 7) is 1.84. The second kappa shape index (κ2) is 6.29. The Morgan fingerprint density at radius 3 is 2.44 bits per heavy atom. The lowest BCUT2D eigenvalue weighted by Gasteiger charge is -2.26. The van der Waals surface area contributed by atoms with E-state index in [4.69, 9.17) is 0 Å². The first-order valence-corrected chi connectivity index (χ1v) is 7.35. The van der Waals surface area contributed by atoms with Gasteiger partial charge in [0.15, 0.2) is 0 Å². The lowest BCUT2D eigenvalue weighted by atomic mass is 10.1. The van der Waals surface area contributed by atoms with Gasteiger partial charge in [0, 0.05) is 16.7 Å². The minimum Gasteiger partial charge on any atom is -0.345 e. The molecule has 0 saturated carbocycles. The van der Waals surface area contributed by atoms with Crippen molar-refractivity contribution in [2.24, 2.45) is 0 Å². The average molecular weight is 380 g/mol. The highest BCUT2D eigenvalue weighted by Crippen LogP contribution is 2.19. The van der Waals surface area contributed by atoms with Crippen LogP contribution >= 0.6 is 31.9 Å². The molecule has 7 heteroatoms. The van der Waals surface area contributed by atoms with Gasteiger partial charge in [-0.3, -0.25) is 14.9 Å². The Morgan fingerprint density at radius 2 is 1.94 bits per heavy atom. The normalized spacial score (nSPS) is 11.1. The van der Waals surface area contributed by atoms with Crippen molar-refractivity contribution in [1.82, 2.24) is 5.32 Å². The lowest BCUT2D eigenvalue weighted by Crippen LogP contribution is -2.49. The largest absolute Gasteiger partial charge is 0.345 e. The van der Waals surface area contributed by atoms with Gasteiger partial charge in [0.2, 0.25) is 0 Å². The second-order valence-corrected chi connectivity index (χ2v) is 5.18. The number of para-hydroxylation sites is 1. The van der Waals surface area contributed by atoms with Gasteiger partial charge in [0.25, 0.3) is 11.6 Å². The first kappa shape index (κ1) is 15.1. The molecule has 1 aromatic carbocycles. The number of hydrogen-bond acceptors (Lipinski definition) is 3. The minimum absolute atomic E-state index is 0.0654. The number of alkyl halides is 2. The van der Waals surface area contributed by atoms with Gasteiger partial charge in [0.1, 0.15) is 5.56 Å². The maximum atomic E-state index is 12.0. The fourth-order valence-corrected chi connectivity index (χ4v) is 2.48. The molecule has 0 aliphatic carbocycles. The monoisotopic (exact) mass is 378 g/mol. The quantitative estimate of drug-likeness (QED) is 0.485. The smallest absolute Gasteiger partial charge is 0.282 e. The van der Waals surface area contributed by atoms with Crippen LogP contribution in [0.5, 0.6) is 0 Å². The Kier molecular flexibility index (Phi) is 5.28. The molecule has 5 nitrogen and oxygen atoms in total. The van der Waals surface area contributed by atoms with Gasteiger partial charge in [-0.05, 0) is 13.0 Å². The molecule has 0 spiro atoms. The van der Waals surface area contributed by atoms with E-state index in [-0.39, 0.29) is 11.3 Å². The number of nitrogens with zero attached hydrogens (tertiary/aromatic N) is 1. The highest BCUT2D eigenvalue weighted by molar-refractivity contribution is 9.09. The first-order chi connectivity index (χ1) is 8.43. The standard InChI is InChI=1S/C11H12Br2N2O3/c1-11(6-12,7-13)14-10(16)8-4-2-3-5-9(8)15(17)18/h2-5H,6-7H2,1H3,(H,14,16). The summed E-state index contributed by atoms with van der Waals surface area (Å²) in [6.07, 6.45) is 0. The van der Waals surface area contributed by atoms with Gasteiger partial charge in [-0.1, -0.05) is 44.0 Å². The zero-order chi connectivity index (χ0) is 13.8. The third-order valence-electron chi connectivity index (χ3n) is 2.35. The van der Waals surface area contributed by atoms with Crippen molar-refractivity contribution in [1.29, 1.82) is 0 Å². The molecule has 0 fully saturated rings. The maximum Gasteiger partial charge on any atom is 0.282 e. The van der Waals surface area contributed by atoms with Crippen LogP contribution in [0, 0.1) is 10.1 Å². The summed E-state index contributed by atoms with van der Waals surface area (Å²) in [5, 5.41) is 14.7. The molecule has 0 unspecified atom stereocenters. The third kappa shape index (κ3) is 3.52. The van der Waals surface area contributed by atoms with Gasteiger partial charge in [-0.15, -0.1) is 0 Å². The Bertz CT molecular complexity index is 461. The number of nitrogens with one attached hydrogen (secondary N) is 1. The van der Waals surface area contributed by atoms with E-state index in [2.05, 4.69) is 37.2 Å². The maximum absolute atomic E-state index is 12.0. The van der Waals surface area contributed by atoms with Crippen molar-refractivity contribution in [2.45, 2.75) is 12.5 Å². The fraction of sp³-hybridized carbons (Fsp3) is 0.364. The Hall–Kier alpha value is -0.950. The molecule has 0 aliphatic rings. The number of carbonyl (C=O) groups excluding carboxylic acids is 1. The van der Waals surface area contributed by atoms with Crippen LogP contribution in [-0.2, 0) is 0 Å². The molecule has 18 heavy (non-hydrogen) atoms. The van der Waals surface area contributed by atoms with Gasteiger partial charge < -0.3 is 5.32 Å². The van der Waals surface area contributed by atoms with Crippen LogP contribution < -0.4 is 5.32 Å². The molecule has 0 aromatic heterocycles. The molecule has 0 bridgehead atoms. The highest BCUT2D eigenvalue weighted by atomic mass is 79.9. The molecular formula is C11H12Br2N2O3. The number of amides is 1. The van der Waals surface area contributed by atoms with E-state index in [1.165, 1.54) is 18.2 Å².